The van der Waals surface area contributed by atoms with Gasteiger partial charge in [0.25, 0.3) is 0 Å². The third-order valence-corrected chi connectivity index (χ3v) is 5.48. The summed E-state index contributed by atoms with van der Waals surface area (Å²) in [5.41, 5.74) is 3.95. The molecule has 22 heavy (non-hydrogen) atoms. The first-order chi connectivity index (χ1) is 10.2. The van der Waals surface area contributed by atoms with E-state index in [2.05, 4.69) is 37.8 Å². The van der Waals surface area contributed by atoms with Gasteiger partial charge in [-0.05, 0) is 36.1 Å². The molecule has 0 aromatic heterocycles. The molecule has 1 aliphatic heterocycles. The topological polar surface area (TPSA) is 64.4 Å². The van der Waals surface area contributed by atoms with E-state index >= 15 is 0 Å². The molecule has 0 atom stereocenters. The molecule has 0 bridgehead atoms. The predicted molar refractivity (Wildman–Crippen MR) is 88.6 cm³/mol. The van der Waals surface area contributed by atoms with Crippen molar-refractivity contribution in [3.05, 3.63) is 28.8 Å². The maximum absolute atomic E-state index is 11.6. The predicted octanol–water partition coefficient (Wildman–Crippen LogP) is 2.07. The molecule has 0 N–H and O–H groups in total. The largest absolute Gasteiger partial charge is 0.368 e. The second kappa shape index (κ2) is 6.27. The standard InChI is InChI=1S/C16H23N3O2S/c1-12(2)15-10-14(11-17)16(9-13(15)3)18-5-7-19(8-6-18)22(4,20)21/h9-10,12H,5-8H2,1-4H3. The summed E-state index contributed by atoms with van der Waals surface area (Å²) in [5.74, 6) is 0.378. The fourth-order valence-corrected chi connectivity index (χ4v) is 3.77. The summed E-state index contributed by atoms with van der Waals surface area (Å²) in [6.45, 7) is 8.46. The number of nitrogens with zero attached hydrogens (tertiary/aromatic N) is 3. The summed E-state index contributed by atoms with van der Waals surface area (Å²) in [4.78, 5) is 2.11. The van der Waals surface area contributed by atoms with E-state index in [-0.39, 0.29) is 0 Å². The van der Waals surface area contributed by atoms with Crippen LogP contribution in [0, 0.1) is 18.3 Å². The second-order valence-electron chi connectivity index (χ2n) is 6.14. The molecule has 0 amide bonds. The summed E-state index contributed by atoms with van der Waals surface area (Å²) in [6, 6.07) is 6.31. The van der Waals surface area contributed by atoms with Crippen LogP contribution in [0.1, 0.15) is 36.5 Å². The molecule has 0 spiro atoms. The summed E-state index contributed by atoms with van der Waals surface area (Å²) in [5, 5.41) is 9.44. The molecule has 1 aliphatic rings. The maximum Gasteiger partial charge on any atom is 0.211 e. The van der Waals surface area contributed by atoms with Gasteiger partial charge in [0.2, 0.25) is 10.0 Å². The lowest BCUT2D eigenvalue weighted by Crippen LogP contribution is -2.48. The minimum atomic E-state index is -3.13. The molecule has 0 aliphatic carbocycles. The van der Waals surface area contributed by atoms with Gasteiger partial charge in [0.05, 0.1) is 17.5 Å². The fraction of sp³-hybridized carbons (Fsp3) is 0.562. The molecular weight excluding hydrogens is 298 g/mol. The normalized spacial score (nSPS) is 16.8. The average molecular weight is 321 g/mol. The smallest absolute Gasteiger partial charge is 0.211 e. The molecular formula is C16H23N3O2S. The minimum absolute atomic E-state index is 0.378. The Morgan fingerprint density at radius 2 is 1.77 bits per heavy atom. The van der Waals surface area contributed by atoms with Gasteiger partial charge < -0.3 is 4.90 Å². The van der Waals surface area contributed by atoms with Gasteiger partial charge in [-0.3, -0.25) is 0 Å². The minimum Gasteiger partial charge on any atom is -0.368 e. The Bertz CT molecular complexity index is 697. The Morgan fingerprint density at radius 3 is 2.23 bits per heavy atom. The molecule has 0 saturated carbocycles. The molecule has 2 rings (SSSR count). The van der Waals surface area contributed by atoms with Crippen molar-refractivity contribution in [3.8, 4) is 6.07 Å². The van der Waals surface area contributed by atoms with Crippen molar-refractivity contribution in [2.24, 2.45) is 0 Å². The lowest BCUT2D eigenvalue weighted by Gasteiger charge is -2.35. The van der Waals surface area contributed by atoms with Crippen molar-refractivity contribution in [1.29, 1.82) is 5.26 Å². The van der Waals surface area contributed by atoms with Crippen LogP contribution in [0.4, 0.5) is 5.69 Å². The first kappa shape index (κ1) is 16.8. The van der Waals surface area contributed by atoms with E-state index in [0.29, 0.717) is 37.7 Å². The van der Waals surface area contributed by atoms with Crippen LogP contribution in [-0.4, -0.2) is 45.2 Å². The zero-order valence-corrected chi connectivity index (χ0v) is 14.4. The van der Waals surface area contributed by atoms with Crippen LogP contribution in [0.25, 0.3) is 0 Å². The second-order valence-corrected chi connectivity index (χ2v) is 8.12. The van der Waals surface area contributed by atoms with Gasteiger partial charge in [-0.1, -0.05) is 13.8 Å². The van der Waals surface area contributed by atoms with E-state index in [1.807, 2.05) is 6.07 Å². The lowest BCUT2D eigenvalue weighted by atomic mass is 9.94. The van der Waals surface area contributed by atoms with Crippen molar-refractivity contribution >= 4 is 15.7 Å². The van der Waals surface area contributed by atoms with Crippen LogP contribution in [0.15, 0.2) is 12.1 Å². The number of anilines is 1. The van der Waals surface area contributed by atoms with E-state index in [1.54, 1.807) is 0 Å². The maximum atomic E-state index is 11.6. The van der Waals surface area contributed by atoms with E-state index in [1.165, 1.54) is 21.7 Å². The zero-order chi connectivity index (χ0) is 16.5. The highest BCUT2D eigenvalue weighted by Crippen LogP contribution is 2.29. The molecule has 1 saturated heterocycles. The van der Waals surface area contributed by atoms with Crippen molar-refractivity contribution < 1.29 is 8.42 Å². The van der Waals surface area contributed by atoms with Gasteiger partial charge in [-0.2, -0.15) is 9.57 Å². The van der Waals surface area contributed by atoms with Gasteiger partial charge in [-0.25, -0.2) is 8.42 Å². The van der Waals surface area contributed by atoms with E-state index in [0.717, 1.165) is 5.69 Å². The molecule has 1 heterocycles. The first-order valence-electron chi connectivity index (χ1n) is 7.48. The molecule has 1 aromatic rings. The SMILES string of the molecule is Cc1cc(N2CCN(S(C)(=O)=O)CC2)c(C#N)cc1C(C)C. The molecule has 1 fully saturated rings. The summed E-state index contributed by atoms with van der Waals surface area (Å²) in [6.07, 6.45) is 1.24. The Labute approximate surface area is 133 Å². The number of aryl methyl sites for hydroxylation is 1. The third-order valence-electron chi connectivity index (χ3n) is 4.18. The molecule has 5 nitrogen and oxygen atoms in total. The number of hydrogen-bond acceptors (Lipinski definition) is 4. The van der Waals surface area contributed by atoms with Gasteiger partial charge in [0.1, 0.15) is 6.07 Å². The van der Waals surface area contributed by atoms with Gasteiger partial charge in [0, 0.05) is 26.2 Å². The van der Waals surface area contributed by atoms with Crippen LogP contribution in [0.2, 0.25) is 0 Å². The number of benzene rings is 1. The zero-order valence-electron chi connectivity index (χ0n) is 13.6. The van der Waals surface area contributed by atoms with Crippen LogP contribution >= 0.6 is 0 Å². The molecule has 0 radical (unpaired) electrons. The van der Waals surface area contributed by atoms with E-state index < -0.39 is 10.0 Å². The molecule has 120 valence electrons. The number of piperazine rings is 1. The van der Waals surface area contributed by atoms with Crippen LogP contribution in [-0.2, 0) is 10.0 Å². The summed E-state index contributed by atoms with van der Waals surface area (Å²) >= 11 is 0. The number of sulfonamides is 1. The third kappa shape index (κ3) is 3.42. The van der Waals surface area contributed by atoms with Crippen LogP contribution < -0.4 is 4.90 Å². The summed E-state index contributed by atoms with van der Waals surface area (Å²) < 4.78 is 24.7. The van der Waals surface area contributed by atoms with Gasteiger partial charge >= 0.3 is 0 Å². The quantitative estimate of drug-likeness (QED) is 0.855. The lowest BCUT2D eigenvalue weighted by molar-refractivity contribution is 0.388. The molecule has 0 unspecified atom stereocenters. The highest BCUT2D eigenvalue weighted by molar-refractivity contribution is 7.88. The van der Waals surface area contributed by atoms with Crippen molar-refractivity contribution in [2.45, 2.75) is 26.7 Å². The van der Waals surface area contributed by atoms with Crippen molar-refractivity contribution in [3.63, 3.8) is 0 Å². The Morgan fingerprint density at radius 1 is 1.18 bits per heavy atom. The van der Waals surface area contributed by atoms with Gasteiger partial charge in [-0.15, -0.1) is 0 Å². The van der Waals surface area contributed by atoms with Crippen LogP contribution in [0.5, 0.6) is 0 Å². The average Bonchev–Trinajstić information content (AvgIpc) is 2.46. The van der Waals surface area contributed by atoms with Gasteiger partial charge in [0.15, 0.2) is 0 Å². The number of nitriles is 1. The highest BCUT2D eigenvalue weighted by atomic mass is 32.2. The van der Waals surface area contributed by atoms with Crippen molar-refractivity contribution in [1.82, 2.24) is 4.31 Å². The molecule has 1 aromatic carbocycles. The Kier molecular flexibility index (Phi) is 4.78. The number of rotatable bonds is 3. The van der Waals surface area contributed by atoms with Crippen LogP contribution in [0.3, 0.4) is 0 Å². The highest BCUT2D eigenvalue weighted by Gasteiger charge is 2.25. The number of hydrogen-bond donors (Lipinski definition) is 0. The van der Waals surface area contributed by atoms with E-state index in [9.17, 15) is 13.7 Å². The fourth-order valence-electron chi connectivity index (χ4n) is 2.94. The first-order valence-corrected chi connectivity index (χ1v) is 9.33. The van der Waals surface area contributed by atoms with E-state index in [4.69, 9.17) is 0 Å². The Balaban J connectivity index is 2.28. The van der Waals surface area contributed by atoms with Crippen molar-refractivity contribution in [2.75, 3.05) is 37.3 Å². The monoisotopic (exact) mass is 321 g/mol. The Hall–Kier alpha value is -1.58. The summed E-state index contributed by atoms with van der Waals surface area (Å²) in [7, 11) is -3.13. The molecule has 6 heteroatoms.